The fourth-order valence-corrected chi connectivity index (χ4v) is 4.27. The Bertz CT molecular complexity index is 897. The molecule has 0 aliphatic heterocycles. The molecule has 0 saturated heterocycles. The molecular formula is C21H23N3O2S. The van der Waals surface area contributed by atoms with E-state index < -0.39 is 0 Å². The number of carbonyl (C=O) groups is 1. The number of hydrogen-bond donors (Lipinski definition) is 1. The molecule has 0 unspecified atom stereocenters. The number of nitrogens with one attached hydrogen (secondary N) is 1. The number of urea groups is 1. The lowest BCUT2D eigenvalue weighted by molar-refractivity contribution is 0.178. The summed E-state index contributed by atoms with van der Waals surface area (Å²) in [5, 5.41) is 5.58. The summed E-state index contributed by atoms with van der Waals surface area (Å²) in [7, 11) is 0. The third-order valence-electron chi connectivity index (χ3n) is 4.94. The van der Waals surface area contributed by atoms with Crippen LogP contribution < -0.4 is 5.32 Å². The van der Waals surface area contributed by atoms with Gasteiger partial charge >= 0.3 is 6.03 Å². The molecule has 1 aliphatic carbocycles. The first kappa shape index (κ1) is 17.8. The van der Waals surface area contributed by atoms with Gasteiger partial charge in [-0.25, -0.2) is 9.78 Å². The second-order valence-electron chi connectivity index (χ2n) is 6.91. The van der Waals surface area contributed by atoms with Gasteiger partial charge in [-0.3, -0.25) is 5.32 Å². The molecule has 140 valence electrons. The molecule has 27 heavy (non-hydrogen) atoms. The van der Waals surface area contributed by atoms with Crippen molar-refractivity contribution in [3.63, 3.8) is 0 Å². The zero-order chi connectivity index (χ0) is 18.6. The summed E-state index contributed by atoms with van der Waals surface area (Å²) in [5.74, 6) is 1.68. The molecule has 0 atom stereocenters. The van der Waals surface area contributed by atoms with Gasteiger partial charge in [0.25, 0.3) is 0 Å². The van der Waals surface area contributed by atoms with Crippen LogP contribution >= 0.6 is 11.3 Å². The highest BCUT2D eigenvalue weighted by Crippen LogP contribution is 2.28. The average Bonchev–Trinajstić information content (AvgIpc) is 3.42. The Morgan fingerprint density at radius 3 is 2.70 bits per heavy atom. The maximum absolute atomic E-state index is 13.0. The summed E-state index contributed by atoms with van der Waals surface area (Å²) >= 11 is 1.45. The summed E-state index contributed by atoms with van der Waals surface area (Å²) in [6.45, 7) is 2.41. The smallest absolute Gasteiger partial charge is 0.324 e. The van der Waals surface area contributed by atoms with Crippen LogP contribution in [0.5, 0.6) is 0 Å². The SMILES string of the molecule is Cc1ccc(CN(C(=O)Nc2nc(-c3ccccc3)cs2)C2CCCC2)o1. The minimum absolute atomic E-state index is 0.107. The van der Waals surface area contributed by atoms with Crippen molar-refractivity contribution < 1.29 is 9.21 Å². The van der Waals surface area contributed by atoms with E-state index in [2.05, 4.69) is 10.3 Å². The number of furan rings is 1. The van der Waals surface area contributed by atoms with E-state index in [1.807, 2.05) is 59.7 Å². The van der Waals surface area contributed by atoms with E-state index in [-0.39, 0.29) is 12.1 Å². The Morgan fingerprint density at radius 2 is 2.00 bits per heavy atom. The quantitative estimate of drug-likeness (QED) is 0.618. The van der Waals surface area contributed by atoms with E-state index in [1.165, 1.54) is 24.2 Å². The second kappa shape index (κ2) is 7.96. The Kier molecular flexibility index (Phi) is 5.25. The number of amides is 2. The largest absolute Gasteiger partial charge is 0.464 e. The Labute approximate surface area is 163 Å². The summed E-state index contributed by atoms with van der Waals surface area (Å²) in [5.41, 5.74) is 1.93. The van der Waals surface area contributed by atoms with Gasteiger partial charge in [0.05, 0.1) is 12.2 Å². The average molecular weight is 382 g/mol. The first-order valence-corrected chi connectivity index (χ1v) is 10.2. The first-order valence-electron chi connectivity index (χ1n) is 9.33. The number of benzene rings is 1. The van der Waals surface area contributed by atoms with Gasteiger partial charge < -0.3 is 9.32 Å². The van der Waals surface area contributed by atoms with Crippen molar-refractivity contribution in [1.29, 1.82) is 0 Å². The van der Waals surface area contributed by atoms with Crippen molar-refractivity contribution in [1.82, 2.24) is 9.88 Å². The van der Waals surface area contributed by atoms with Crippen molar-refractivity contribution in [3.8, 4) is 11.3 Å². The summed E-state index contributed by atoms with van der Waals surface area (Å²) in [6.07, 6.45) is 4.42. The van der Waals surface area contributed by atoms with Crippen molar-refractivity contribution in [2.24, 2.45) is 0 Å². The molecule has 1 aliphatic rings. The maximum atomic E-state index is 13.0. The number of nitrogens with zero attached hydrogens (tertiary/aromatic N) is 2. The number of thiazole rings is 1. The predicted octanol–water partition coefficient (Wildman–Crippen LogP) is 5.69. The molecule has 1 N–H and O–H groups in total. The van der Waals surface area contributed by atoms with Crippen LogP contribution in [0.1, 0.15) is 37.2 Å². The topological polar surface area (TPSA) is 58.4 Å². The molecule has 5 nitrogen and oxygen atoms in total. The van der Waals surface area contributed by atoms with Gasteiger partial charge in [0.2, 0.25) is 0 Å². The Morgan fingerprint density at radius 1 is 1.22 bits per heavy atom. The van der Waals surface area contributed by atoms with E-state index in [9.17, 15) is 4.79 Å². The summed E-state index contributed by atoms with van der Waals surface area (Å²) in [4.78, 5) is 19.5. The monoisotopic (exact) mass is 381 g/mol. The molecular weight excluding hydrogens is 358 g/mol. The minimum atomic E-state index is -0.107. The number of anilines is 1. The lowest BCUT2D eigenvalue weighted by Gasteiger charge is -2.27. The number of hydrogen-bond acceptors (Lipinski definition) is 4. The van der Waals surface area contributed by atoms with E-state index in [4.69, 9.17) is 4.42 Å². The van der Waals surface area contributed by atoms with Crippen LogP contribution in [0, 0.1) is 6.92 Å². The molecule has 2 amide bonds. The molecule has 1 fully saturated rings. The van der Waals surface area contributed by atoms with Gasteiger partial charge in [-0.2, -0.15) is 0 Å². The maximum Gasteiger partial charge on any atom is 0.324 e. The van der Waals surface area contributed by atoms with Crippen LogP contribution in [0.4, 0.5) is 9.93 Å². The molecule has 0 radical (unpaired) electrons. The molecule has 2 aromatic heterocycles. The molecule has 4 rings (SSSR count). The van der Waals surface area contributed by atoms with E-state index in [0.717, 1.165) is 35.6 Å². The molecule has 3 aromatic rings. The normalized spacial score (nSPS) is 14.4. The van der Waals surface area contributed by atoms with Crippen molar-refractivity contribution in [3.05, 3.63) is 59.4 Å². The zero-order valence-electron chi connectivity index (χ0n) is 15.4. The molecule has 6 heteroatoms. The van der Waals surface area contributed by atoms with E-state index in [0.29, 0.717) is 11.7 Å². The number of aryl methyl sites for hydroxylation is 1. The van der Waals surface area contributed by atoms with Crippen LogP contribution in [0.15, 0.2) is 52.3 Å². The lowest BCUT2D eigenvalue weighted by atomic mass is 10.2. The van der Waals surface area contributed by atoms with Gasteiger partial charge in [0, 0.05) is 17.0 Å². The van der Waals surface area contributed by atoms with Crippen LogP contribution in [-0.2, 0) is 6.54 Å². The molecule has 1 aromatic carbocycles. The van der Waals surface area contributed by atoms with Crippen molar-refractivity contribution in [2.45, 2.75) is 45.2 Å². The summed E-state index contributed by atoms with van der Waals surface area (Å²) in [6, 6.07) is 14.0. The number of rotatable bonds is 5. The van der Waals surface area contributed by atoms with Crippen molar-refractivity contribution in [2.75, 3.05) is 5.32 Å². The van der Waals surface area contributed by atoms with Gasteiger partial charge in [-0.05, 0) is 31.9 Å². The summed E-state index contributed by atoms with van der Waals surface area (Å²) < 4.78 is 5.70. The molecule has 0 bridgehead atoms. The highest BCUT2D eigenvalue weighted by Gasteiger charge is 2.28. The van der Waals surface area contributed by atoms with Crippen LogP contribution in [0.25, 0.3) is 11.3 Å². The highest BCUT2D eigenvalue weighted by molar-refractivity contribution is 7.14. The van der Waals surface area contributed by atoms with Crippen LogP contribution in [-0.4, -0.2) is 22.0 Å². The standard InChI is InChI=1S/C21H23N3O2S/c1-15-11-12-18(26-15)13-24(17-9-5-6-10-17)21(25)23-20-22-19(14-27-20)16-7-3-2-4-8-16/h2-4,7-8,11-12,14,17H,5-6,9-10,13H2,1H3,(H,22,23,25). The highest BCUT2D eigenvalue weighted by atomic mass is 32.1. The zero-order valence-corrected chi connectivity index (χ0v) is 16.2. The van der Waals surface area contributed by atoms with E-state index >= 15 is 0 Å². The first-order chi connectivity index (χ1) is 13.2. The third kappa shape index (κ3) is 4.22. The second-order valence-corrected chi connectivity index (χ2v) is 7.77. The molecule has 2 heterocycles. The Hall–Kier alpha value is -2.60. The van der Waals surface area contributed by atoms with Gasteiger partial charge in [-0.1, -0.05) is 43.2 Å². The van der Waals surface area contributed by atoms with Crippen LogP contribution in [0.2, 0.25) is 0 Å². The number of aromatic nitrogens is 1. The third-order valence-corrected chi connectivity index (χ3v) is 5.69. The fraction of sp³-hybridized carbons (Fsp3) is 0.333. The molecule has 1 saturated carbocycles. The minimum Gasteiger partial charge on any atom is -0.464 e. The van der Waals surface area contributed by atoms with Crippen LogP contribution in [0.3, 0.4) is 0 Å². The lowest BCUT2D eigenvalue weighted by Crippen LogP contribution is -2.41. The number of carbonyl (C=O) groups excluding carboxylic acids is 1. The van der Waals surface area contributed by atoms with Gasteiger partial charge in [-0.15, -0.1) is 11.3 Å². The van der Waals surface area contributed by atoms with E-state index in [1.54, 1.807) is 0 Å². The van der Waals surface area contributed by atoms with Crippen molar-refractivity contribution >= 4 is 22.5 Å². The molecule has 0 spiro atoms. The fourth-order valence-electron chi connectivity index (χ4n) is 3.56. The predicted molar refractivity (Wildman–Crippen MR) is 108 cm³/mol. The van der Waals surface area contributed by atoms with Gasteiger partial charge in [0.15, 0.2) is 5.13 Å². The van der Waals surface area contributed by atoms with Gasteiger partial charge in [0.1, 0.15) is 11.5 Å². The Balaban J connectivity index is 1.49.